The minimum absolute atomic E-state index is 0.130. The molecule has 1 amide bonds. The van der Waals surface area contributed by atoms with Crippen LogP contribution in [0.25, 0.3) is 0 Å². The van der Waals surface area contributed by atoms with Crippen LogP contribution < -0.4 is 10.1 Å². The molecule has 3 rings (SSSR count). The molecule has 24 heavy (non-hydrogen) atoms. The molecular formula is C21H19NO2. The molecule has 0 unspecified atom stereocenters. The Hall–Kier alpha value is -3.07. The van der Waals surface area contributed by atoms with Crippen molar-refractivity contribution >= 4 is 11.6 Å². The minimum atomic E-state index is -0.130. The molecule has 0 aromatic heterocycles. The molecule has 3 nitrogen and oxygen atoms in total. The Labute approximate surface area is 141 Å². The molecule has 0 spiro atoms. The zero-order valence-electron chi connectivity index (χ0n) is 13.7. The van der Waals surface area contributed by atoms with Gasteiger partial charge in [-0.15, -0.1) is 0 Å². The van der Waals surface area contributed by atoms with Crippen molar-refractivity contribution in [2.24, 2.45) is 0 Å². The van der Waals surface area contributed by atoms with Gasteiger partial charge in [-0.3, -0.25) is 4.79 Å². The lowest BCUT2D eigenvalue weighted by Gasteiger charge is -2.11. The van der Waals surface area contributed by atoms with Crippen molar-refractivity contribution < 1.29 is 9.53 Å². The number of amides is 1. The first-order valence-corrected chi connectivity index (χ1v) is 7.84. The van der Waals surface area contributed by atoms with Crippen molar-refractivity contribution in [1.82, 2.24) is 0 Å². The zero-order chi connectivity index (χ0) is 16.9. The van der Waals surface area contributed by atoms with Crippen molar-refractivity contribution in [3.8, 4) is 11.5 Å². The molecular weight excluding hydrogens is 298 g/mol. The highest BCUT2D eigenvalue weighted by Gasteiger charge is 2.09. The second-order valence-electron chi connectivity index (χ2n) is 5.64. The molecule has 0 aliphatic carbocycles. The van der Waals surface area contributed by atoms with Crippen LogP contribution in [-0.4, -0.2) is 5.91 Å². The molecule has 0 fully saturated rings. The molecule has 0 saturated heterocycles. The minimum Gasteiger partial charge on any atom is -0.457 e. The zero-order valence-corrected chi connectivity index (χ0v) is 13.7. The molecule has 0 saturated carbocycles. The molecule has 0 bridgehead atoms. The van der Waals surface area contributed by atoms with Crippen molar-refractivity contribution in [3.63, 3.8) is 0 Å². The molecule has 1 N–H and O–H groups in total. The normalized spacial score (nSPS) is 10.2. The Kier molecular flexibility index (Phi) is 4.62. The predicted molar refractivity (Wildman–Crippen MR) is 96.8 cm³/mol. The maximum absolute atomic E-state index is 12.4. The summed E-state index contributed by atoms with van der Waals surface area (Å²) in [4.78, 5) is 12.4. The highest BCUT2D eigenvalue weighted by Crippen LogP contribution is 2.22. The summed E-state index contributed by atoms with van der Waals surface area (Å²) >= 11 is 0. The molecule has 3 aromatic rings. The molecule has 0 heterocycles. The Bertz CT molecular complexity index is 839. The first-order chi connectivity index (χ1) is 11.6. The summed E-state index contributed by atoms with van der Waals surface area (Å²) in [6, 6.07) is 22.6. The van der Waals surface area contributed by atoms with Crippen molar-refractivity contribution in [1.29, 1.82) is 0 Å². The largest absolute Gasteiger partial charge is 0.457 e. The topological polar surface area (TPSA) is 38.3 Å². The summed E-state index contributed by atoms with van der Waals surface area (Å²) in [6.07, 6.45) is 0. The van der Waals surface area contributed by atoms with Gasteiger partial charge in [0.15, 0.2) is 0 Å². The third kappa shape index (κ3) is 3.63. The summed E-state index contributed by atoms with van der Waals surface area (Å²) in [6.45, 7) is 4.03. The Balaban J connectivity index is 1.71. The summed E-state index contributed by atoms with van der Waals surface area (Å²) in [5.74, 6) is 1.34. The lowest BCUT2D eigenvalue weighted by atomic mass is 10.1. The molecule has 120 valence electrons. The fourth-order valence-electron chi connectivity index (χ4n) is 2.38. The Morgan fingerprint density at radius 2 is 1.46 bits per heavy atom. The van der Waals surface area contributed by atoms with Gasteiger partial charge in [0.1, 0.15) is 11.5 Å². The fourth-order valence-corrected chi connectivity index (χ4v) is 2.38. The smallest absolute Gasteiger partial charge is 0.255 e. The summed E-state index contributed by atoms with van der Waals surface area (Å²) in [5.41, 5.74) is 3.66. The van der Waals surface area contributed by atoms with Crippen LogP contribution in [0.5, 0.6) is 11.5 Å². The third-order valence-electron chi connectivity index (χ3n) is 3.95. The van der Waals surface area contributed by atoms with Crippen LogP contribution in [0.1, 0.15) is 21.5 Å². The summed E-state index contributed by atoms with van der Waals surface area (Å²) in [7, 11) is 0. The van der Waals surface area contributed by atoms with Crippen molar-refractivity contribution in [3.05, 3.63) is 89.5 Å². The highest BCUT2D eigenvalue weighted by molar-refractivity contribution is 6.04. The number of nitrogens with one attached hydrogen (secondary N) is 1. The number of benzene rings is 3. The summed E-state index contributed by atoms with van der Waals surface area (Å²) in [5, 5.41) is 2.96. The van der Waals surface area contributed by atoms with Crippen molar-refractivity contribution in [2.75, 3.05) is 5.32 Å². The second-order valence-corrected chi connectivity index (χ2v) is 5.64. The number of rotatable bonds is 4. The molecule has 3 aromatic carbocycles. The van der Waals surface area contributed by atoms with Gasteiger partial charge >= 0.3 is 0 Å². The first-order valence-electron chi connectivity index (χ1n) is 7.84. The van der Waals surface area contributed by atoms with E-state index >= 15 is 0 Å². The number of carbonyl (C=O) groups excluding carboxylic acids is 1. The van der Waals surface area contributed by atoms with E-state index in [1.807, 2.05) is 62.4 Å². The van der Waals surface area contributed by atoms with Crippen LogP contribution in [0.3, 0.4) is 0 Å². The van der Waals surface area contributed by atoms with E-state index in [0.29, 0.717) is 11.3 Å². The standard InChI is InChI=1S/C21H19NO2/c1-15-7-6-10-20(16(15)2)22-21(23)17-11-13-19(14-12-17)24-18-8-4-3-5-9-18/h3-14H,1-2H3,(H,22,23). The van der Waals surface area contributed by atoms with E-state index < -0.39 is 0 Å². The summed E-state index contributed by atoms with van der Waals surface area (Å²) < 4.78 is 5.73. The number of hydrogen-bond donors (Lipinski definition) is 1. The van der Waals surface area contributed by atoms with Crippen LogP contribution in [0.4, 0.5) is 5.69 Å². The Morgan fingerprint density at radius 1 is 0.792 bits per heavy atom. The molecule has 0 aliphatic heterocycles. The fraction of sp³-hybridized carbons (Fsp3) is 0.0952. The maximum atomic E-state index is 12.4. The monoisotopic (exact) mass is 317 g/mol. The van der Waals surface area contributed by atoms with Crippen LogP contribution in [0.15, 0.2) is 72.8 Å². The van der Waals surface area contributed by atoms with Crippen molar-refractivity contribution in [2.45, 2.75) is 13.8 Å². The average Bonchev–Trinajstić information content (AvgIpc) is 2.60. The number of ether oxygens (including phenoxy) is 1. The van der Waals surface area contributed by atoms with E-state index in [-0.39, 0.29) is 5.91 Å². The van der Waals surface area contributed by atoms with E-state index in [9.17, 15) is 4.79 Å². The van der Waals surface area contributed by atoms with Gasteiger partial charge in [0.05, 0.1) is 0 Å². The molecule has 3 heteroatoms. The highest BCUT2D eigenvalue weighted by atomic mass is 16.5. The van der Waals surface area contributed by atoms with Gasteiger partial charge in [0.25, 0.3) is 5.91 Å². The van der Waals surface area contributed by atoms with Gasteiger partial charge in [0, 0.05) is 11.3 Å². The van der Waals surface area contributed by atoms with Gasteiger partial charge in [-0.25, -0.2) is 0 Å². The first kappa shape index (κ1) is 15.8. The number of anilines is 1. The van der Waals surface area contributed by atoms with E-state index in [2.05, 4.69) is 5.32 Å². The second kappa shape index (κ2) is 7.01. The number of aryl methyl sites for hydroxylation is 1. The quantitative estimate of drug-likeness (QED) is 0.704. The van der Waals surface area contributed by atoms with Gasteiger partial charge < -0.3 is 10.1 Å². The SMILES string of the molecule is Cc1cccc(NC(=O)c2ccc(Oc3ccccc3)cc2)c1C. The van der Waals surface area contributed by atoms with E-state index in [1.165, 1.54) is 0 Å². The molecule has 0 atom stereocenters. The average molecular weight is 317 g/mol. The van der Waals surface area contributed by atoms with Gasteiger partial charge in [-0.05, 0) is 67.4 Å². The maximum Gasteiger partial charge on any atom is 0.255 e. The van der Waals surface area contributed by atoms with Crippen LogP contribution in [0.2, 0.25) is 0 Å². The van der Waals surface area contributed by atoms with E-state index in [4.69, 9.17) is 4.74 Å². The van der Waals surface area contributed by atoms with Crippen LogP contribution >= 0.6 is 0 Å². The molecule has 0 radical (unpaired) electrons. The lowest BCUT2D eigenvalue weighted by Crippen LogP contribution is -2.12. The van der Waals surface area contributed by atoms with E-state index in [1.54, 1.807) is 24.3 Å². The van der Waals surface area contributed by atoms with Gasteiger partial charge in [-0.2, -0.15) is 0 Å². The van der Waals surface area contributed by atoms with Gasteiger partial charge in [0.2, 0.25) is 0 Å². The number of carbonyl (C=O) groups is 1. The Morgan fingerprint density at radius 3 is 2.17 bits per heavy atom. The van der Waals surface area contributed by atoms with Gasteiger partial charge in [-0.1, -0.05) is 30.3 Å². The predicted octanol–water partition coefficient (Wildman–Crippen LogP) is 5.35. The third-order valence-corrected chi connectivity index (χ3v) is 3.95. The lowest BCUT2D eigenvalue weighted by molar-refractivity contribution is 0.102. The number of para-hydroxylation sites is 1. The van der Waals surface area contributed by atoms with E-state index in [0.717, 1.165) is 22.6 Å². The van der Waals surface area contributed by atoms with Crippen LogP contribution in [0, 0.1) is 13.8 Å². The number of hydrogen-bond acceptors (Lipinski definition) is 2. The van der Waals surface area contributed by atoms with Crippen LogP contribution in [-0.2, 0) is 0 Å². The molecule has 0 aliphatic rings.